The number of carbonyl (C=O) groups excluding carboxylic acids is 1. The number of hydrogen-bond acceptors (Lipinski definition) is 6. The number of nitrogens with one attached hydrogen (secondary N) is 2. The monoisotopic (exact) mass is 448 g/mol. The molecule has 0 saturated heterocycles. The lowest BCUT2D eigenvalue weighted by atomic mass is 9.71. The second-order valence-corrected chi connectivity index (χ2v) is 9.26. The van der Waals surface area contributed by atoms with Gasteiger partial charge in [-0.1, -0.05) is 49.6 Å². The summed E-state index contributed by atoms with van der Waals surface area (Å²) in [5, 5.41) is 6.32. The molecule has 7 heteroatoms. The molecule has 3 aromatic rings. The Labute approximate surface area is 195 Å². The van der Waals surface area contributed by atoms with Crippen LogP contribution >= 0.6 is 0 Å². The highest BCUT2D eigenvalue weighted by Gasteiger charge is 2.37. The normalized spacial score (nSPS) is 15.6. The van der Waals surface area contributed by atoms with Gasteiger partial charge in [0.05, 0.1) is 13.3 Å². The Bertz CT molecular complexity index is 1050. The van der Waals surface area contributed by atoms with Gasteiger partial charge >= 0.3 is 0 Å². The summed E-state index contributed by atoms with van der Waals surface area (Å²) in [4.78, 5) is 22.3. The van der Waals surface area contributed by atoms with Gasteiger partial charge in [0.25, 0.3) is 6.01 Å². The van der Waals surface area contributed by atoms with Crippen LogP contribution < -0.4 is 15.4 Å². The number of aromatic nitrogens is 2. The highest BCUT2D eigenvalue weighted by Crippen LogP contribution is 2.38. The van der Waals surface area contributed by atoms with E-state index in [-0.39, 0.29) is 11.3 Å². The summed E-state index contributed by atoms with van der Waals surface area (Å²) in [6, 6.07) is 14.1. The van der Waals surface area contributed by atoms with Gasteiger partial charge in [0.1, 0.15) is 23.2 Å². The maximum Gasteiger partial charge on any atom is 0.295 e. The first kappa shape index (κ1) is 22.8. The fraction of sp³-hybridized carbons (Fsp3) is 0.423. The molecule has 33 heavy (non-hydrogen) atoms. The van der Waals surface area contributed by atoms with Crippen molar-refractivity contribution in [3.05, 3.63) is 60.6 Å². The van der Waals surface area contributed by atoms with E-state index in [0.29, 0.717) is 12.6 Å². The van der Waals surface area contributed by atoms with Crippen molar-refractivity contribution in [2.24, 2.45) is 0 Å². The second-order valence-electron chi connectivity index (χ2n) is 9.26. The molecule has 2 aromatic heterocycles. The number of nitrogens with zero attached hydrogens (tertiary/aromatic N) is 2. The summed E-state index contributed by atoms with van der Waals surface area (Å²) in [5.41, 5.74) is 1.62. The zero-order valence-corrected chi connectivity index (χ0v) is 19.6. The van der Waals surface area contributed by atoms with Crippen molar-refractivity contribution < 1.29 is 13.9 Å². The Kier molecular flexibility index (Phi) is 6.67. The number of carbonyl (C=O) groups is 1. The molecular weight excluding hydrogens is 416 g/mol. The molecule has 0 radical (unpaired) electrons. The summed E-state index contributed by atoms with van der Waals surface area (Å²) < 4.78 is 10.8. The molecule has 1 aliphatic carbocycles. The maximum atomic E-state index is 13.2. The number of anilines is 1. The fourth-order valence-electron chi connectivity index (χ4n) is 4.43. The molecule has 0 unspecified atom stereocenters. The van der Waals surface area contributed by atoms with E-state index in [4.69, 9.17) is 9.15 Å². The minimum absolute atomic E-state index is 0.111. The van der Waals surface area contributed by atoms with E-state index >= 15 is 0 Å². The van der Waals surface area contributed by atoms with E-state index in [2.05, 4.69) is 20.6 Å². The molecule has 0 aliphatic heterocycles. The molecule has 2 N–H and O–H groups in total. The van der Waals surface area contributed by atoms with Crippen LogP contribution in [0.5, 0.6) is 5.75 Å². The molecule has 1 fully saturated rings. The number of rotatable bonds is 8. The molecule has 0 atom stereocenters. The summed E-state index contributed by atoms with van der Waals surface area (Å²) in [7, 11) is 1.64. The minimum atomic E-state index is -0.901. The third-order valence-corrected chi connectivity index (χ3v) is 6.47. The smallest absolute Gasteiger partial charge is 0.295 e. The van der Waals surface area contributed by atoms with Gasteiger partial charge in [-0.2, -0.15) is 4.98 Å². The van der Waals surface area contributed by atoms with Crippen LogP contribution in [0, 0.1) is 0 Å². The number of pyridine rings is 1. The Balaban J connectivity index is 1.44. The van der Waals surface area contributed by atoms with Crippen LogP contribution in [-0.4, -0.2) is 35.1 Å². The van der Waals surface area contributed by atoms with Crippen LogP contribution in [-0.2, 0) is 10.2 Å². The van der Waals surface area contributed by atoms with Gasteiger partial charge < -0.3 is 19.8 Å². The third-order valence-electron chi connectivity index (χ3n) is 6.47. The molecule has 1 aromatic carbocycles. The quantitative estimate of drug-likeness (QED) is 0.507. The number of hydrogen-bond donors (Lipinski definition) is 2. The topological polar surface area (TPSA) is 89.3 Å². The van der Waals surface area contributed by atoms with Crippen molar-refractivity contribution in [2.45, 2.75) is 56.9 Å². The van der Waals surface area contributed by atoms with Gasteiger partial charge in [-0.25, -0.2) is 0 Å². The van der Waals surface area contributed by atoms with Crippen LogP contribution in [0.15, 0.2) is 59.3 Å². The number of amides is 1. The summed E-state index contributed by atoms with van der Waals surface area (Å²) in [5.74, 6) is 0.625. The summed E-state index contributed by atoms with van der Waals surface area (Å²) in [6.45, 7) is 4.19. The molecule has 1 saturated carbocycles. The Morgan fingerprint density at radius 3 is 2.55 bits per heavy atom. The van der Waals surface area contributed by atoms with Crippen LogP contribution in [0.3, 0.4) is 0 Å². The maximum absolute atomic E-state index is 13.2. The Morgan fingerprint density at radius 2 is 1.88 bits per heavy atom. The summed E-state index contributed by atoms with van der Waals surface area (Å²) in [6.07, 6.45) is 8.83. The molecule has 1 amide bonds. The first-order chi connectivity index (χ1) is 15.9. The predicted molar refractivity (Wildman–Crippen MR) is 128 cm³/mol. The van der Waals surface area contributed by atoms with E-state index in [0.717, 1.165) is 48.4 Å². The first-order valence-electron chi connectivity index (χ1n) is 11.5. The van der Waals surface area contributed by atoms with Crippen molar-refractivity contribution in [1.29, 1.82) is 0 Å². The van der Waals surface area contributed by atoms with E-state index in [1.54, 1.807) is 19.6 Å². The molecule has 0 bridgehead atoms. The van der Waals surface area contributed by atoms with Crippen molar-refractivity contribution in [3.63, 3.8) is 0 Å². The van der Waals surface area contributed by atoms with Crippen molar-refractivity contribution in [2.75, 3.05) is 19.0 Å². The number of oxazole rings is 1. The van der Waals surface area contributed by atoms with Crippen LogP contribution in [0.4, 0.5) is 6.01 Å². The standard InChI is InChI=1S/C26H32N4O3/c1-25(2,30-24-29-21(17-33-24)19-10-6-4-7-11-19)23(31)28-18-26(14-8-5-9-15-26)22-13-12-20(32-3)16-27-22/h4,6-7,10-13,16-17H,5,8-9,14-15,18H2,1-3H3,(H,28,31)(H,29,30). The van der Waals surface area contributed by atoms with E-state index in [1.165, 1.54) is 6.42 Å². The summed E-state index contributed by atoms with van der Waals surface area (Å²) >= 11 is 0. The molecule has 1 aliphatic rings. The van der Waals surface area contributed by atoms with Gasteiger partial charge in [-0.15, -0.1) is 0 Å². The fourth-order valence-corrected chi connectivity index (χ4v) is 4.43. The zero-order chi connectivity index (χ0) is 23.3. The largest absolute Gasteiger partial charge is 0.495 e. The van der Waals surface area contributed by atoms with E-state index in [9.17, 15) is 4.79 Å². The third kappa shape index (κ3) is 5.18. The Morgan fingerprint density at radius 1 is 1.12 bits per heavy atom. The van der Waals surface area contributed by atoms with Crippen molar-refractivity contribution >= 4 is 11.9 Å². The Hall–Kier alpha value is -3.35. The predicted octanol–water partition coefficient (Wildman–Crippen LogP) is 4.95. The molecular formula is C26H32N4O3. The first-order valence-corrected chi connectivity index (χ1v) is 11.5. The van der Waals surface area contributed by atoms with Gasteiger partial charge in [-0.3, -0.25) is 9.78 Å². The lowest BCUT2D eigenvalue weighted by molar-refractivity contribution is -0.124. The molecule has 4 rings (SSSR count). The average Bonchev–Trinajstić information content (AvgIpc) is 3.31. The van der Waals surface area contributed by atoms with Crippen molar-refractivity contribution in [3.8, 4) is 17.0 Å². The highest BCUT2D eigenvalue weighted by atomic mass is 16.5. The lowest BCUT2D eigenvalue weighted by Crippen LogP contribution is -2.52. The van der Waals surface area contributed by atoms with E-state index in [1.807, 2.05) is 56.3 Å². The zero-order valence-electron chi connectivity index (χ0n) is 19.6. The van der Waals surface area contributed by atoms with E-state index < -0.39 is 5.54 Å². The second kappa shape index (κ2) is 9.65. The molecule has 174 valence electrons. The van der Waals surface area contributed by atoms with Gasteiger partial charge in [-0.05, 0) is 38.8 Å². The number of benzene rings is 1. The van der Waals surface area contributed by atoms with Gasteiger partial charge in [0, 0.05) is 23.2 Å². The number of methoxy groups -OCH3 is 1. The molecule has 0 spiro atoms. The molecule has 2 heterocycles. The SMILES string of the molecule is COc1ccc(C2(CNC(=O)C(C)(C)Nc3nc(-c4ccccc4)co3)CCCCC2)nc1. The highest BCUT2D eigenvalue weighted by molar-refractivity contribution is 5.88. The molecule has 7 nitrogen and oxygen atoms in total. The van der Waals surface area contributed by atoms with Crippen LogP contribution in [0.1, 0.15) is 51.6 Å². The van der Waals surface area contributed by atoms with Gasteiger partial charge in [0.2, 0.25) is 5.91 Å². The van der Waals surface area contributed by atoms with Crippen LogP contribution in [0.2, 0.25) is 0 Å². The average molecular weight is 449 g/mol. The number of ether oxygens (including phenoxy) is 1. The lowest BCUT2D eigenvalue weighted by Gasteiger charge is -2.38. The van der Waals surface area contributed by atoms with Gasteiger partial charge in [0.15, 0.2) is 0 Å². The minimum Gasteiger partial charge on any atom is -0.495 e. The van der Waals surface area contributed by atoms with Crippen molar-refractivity contribution in [1.82, 2.24) is 15.3 Å². The van der Waals surface area contributed by atoms with Crippen LogP contribution in [0.25, 0.3) is 11.3 Å².